The van der Waals surface area contributed by atoms with Crippen molar-refractivity contribution in [1.29, 1.82) is 0 Å². The second-order valence-electron chi connectivity index (χ2n) is 6.83. The van der Waals surface area contributed by atoms with Gasteiger partial charge in [-0.1, -0.05) is 49.3 Å². The molecule has 0 atom stereocenters. The standard InChI is InChI=1S/C20H23BrN4O2/c1-13(2)18-17(21)19(23-22-18)20(26)25(3)11-7-10-15-12-16(24-27-15)14-8-5-4-6-9-14/h4-6,8-9,12-13H,7,10-11H2,1-3H3,(H,22,23). The molecule has 1 aromatic carbocycles. The van der Waals surface area contributed by atoms with E-state index < -0.39 is 0 Å². The van der Waals surface area contributed by atoms with Crippen LogP contribution in [0.15, 0.2) is 45.4 Å². The molecule has 27 heavy (non-hydrogen) atoms. The van der Waals surface area contributed by atoms with Crippen LogP contribution in [-0.4, -0.2) is 39.8 Å². The molecule has 6 nitrogen and oxygen atoms in total. The number of hydrogen-bond donors (Lipinski definition) is 1. The molecule has 0 unspecified atom stereocenters. The maximum absolute atomic E-state index is 12.6. The van der Waals surface area contributed by atoms with Crippen LogP contribution in [0.25, 0.3) is 11.3 Å². The Morgan fingerprint density at radius 3 is 2.70 bits per heavy atom. The van der Waals surface area contributed by atoms with Crippen LogP contribution >= 0.6 is 15.9 Å². The molecule has 0 bridgehead atoms. The molecule has 3 rings (SSSR count). The minimum absolute atomic E-state index is 0.104. The summed E-state index contributed by atoms with van der Waals surface area (Å²) in [6.45, 7) is 4.71. The number of aryl methyl sites for hydroxylation is 1. The van der Waals surface area contributed by atoms with Gasteiger partial charge in [-0.3, -0.25) is 9.89 Å². The monoisotopic (exact) mass is 430 g/mol. The number of halogens is 1. The number of hydrogen-bond acceptors (Lipinski definition) is 4. The van der Waals surface area contributed by atoms with E-state index in [2.05, 4.69) is 45.1 Å². The second-order valence-corrected chi connectivity index (χ2v) is 7.62. The average Bonchev–Trinajstić information content (AvgIpc) is 3.28. The molecule has 0 saturated carbocycles. The largest absolute Gasteiger partial charge is 0.361 e. The summed E-state index contributed by atoms with van der Waals surface area (Å²) < 4.78 is 6.16. The van der Waals surface area contributed by atoms with Crippen LogP contribution in [0.5, 0.6) is 0 Å². The van der Waals surface area contributed by atoms with Crippen molar-refractivity contribution in [2.75, 3.05) is 13.6 Å². The predicted octanol–water partition coefficient (Wildman–Crippen LogP) is 4.66. The van der Waals surface area contributed by atoms with E-state index in [0.29, 0.717) is 12.2 Å². The topological polar surface area (TPSA) is 75.0 Å². The zero-order valence-electron chi connectivity index (χ0n) is 15.7. The first kappa shape index (κ1) is 19.4. The van der Waals surface area contributed by atoms with Gasteiger partial charge in [0.2, 0.25) is 0 Å². The Morgan fingerprint density at radius 1 is 1.30 bits per heavy atom. The lowest BCUT2D eigenvalue weighted by atomic mass is 10.1. The van der Waals surface area contributed by atoms with Crippen LogP contribution in [0, 0.1) is 0 Å². The van der Waals surface area contributed by atoms with Crippen LogP contribution in [-0.2, 0) is 6.42 Å². The molecular formula is C20H23BrN4O2. The molecule has 0 radical (unpaired) electrons. The molecule has 0 spiro atoms. The van der Waals surface area contributed by atoms with E-state index in [-0.39, 0.29) is 11.8 Å². The molecule has 0 aliphatic heterocycles. The zero-order valence-corrected chi connectivity index (χ0v) is 17.3. The summed E-state index contributed by atoms with van der Waals surface area (Å²) in [4.78, 5) is 14.3. The molecule has 0 fully saturated rings. The van der Waals surface area contributed by atoms with E-state index in [1.165, 1.54) is 0 Å². The minimum Gasteiger partial charge on any atom is -0.361 e. The first-order valence-corrected chi connectivity index (χ1v) is 9.77. The fraction of sp³-hybridized carbons (Fsp3) is 0.350. The van der Waals surface area contributed by atoms with Gasteiger partial charge in [0, 0.05) is 31.6 Å². The molecule has 2 heterocycles. The van der Waals surface area contributed by atoms with Crippen molar-refractivity contribution in [3.8, 4) is 11.3 Å². The first-order chi connectivity index (χ1) is 13.0. The molecule has 0 aliphatic rings. The lowest BCUT2D eigenvalue weighted by molar-refractivity contribution is 0.0786. The Hall–Kier alpha value is -2.41. The van der Waals surface area contributed by atoms with Gasteiger partial charge in [-0.15, -0.1) is 0 Å². The fourth-order valence-electron chi connectivity index (χ4n) is 2.81. The Balaban J connectivity index is 1.55. The highest BCUT2D eigenvalue weighted by Gasteiger charge is 2.22. The first-order valence-electron chi connectivity index (χ1n) is 8.97. The van der Waals surface area contributed by atoms with Crippen molar-refractivity contribution >= 4 is 21.8 Å². The van der Waals surface area contributed by atoms with Gasteiger partial charge in [0.1, 0.15) is 11.5 Å². The van der Waals surface area contributed by atoms with Gasteiger partial charge in [0.15, 0.2) is 5.69 Å². The minimum atomic E-state index is -0.104. The van der Waals surface area contributed by atoms with Crippen molar-refractivity contribution in [2.45, 2.75) is 32.6 Å². The lowest BCUT2D eigenvalue weighted by Crippen LogP contribution is -2.28. The highest BCUT2D eigenvalue weighted by molar-refractivity contribution is 9.10. The number of nitrogens with zero attached hydrogens (tertiary/aromatic N) is 3. The lowest BCUT2D eigenvalue weighted by Gasteiger charge is -2.15. The van der Waals surface area contributed by atoms with Gasteiger partial charge in [-0.05, 0) is 28.3 Å². The van der Waals surface area contributed by atoms with Gasteiger partial charge >= 0.3 is 0 Å². The van der Waals surface area contributed by atoms with E-state index in [1.54, 1.807) is 11.9 Å². The quantitative estimate of drug-likeness (QED) is 0.591. The summed E-state index contributed by atoms with van der Waals surface area (Å²) >= 11 is 3.49. The average molecular weight is 431 g/mol. The van der Waals surface area contributed by atoms with E-state index in [4.69, 9.17) is 4.52 Å². The molecule has 2 aromatic heterocycles. The maximum atomic E-state index is 12.6. The van der Waals surface area contributed by atoms with E-state index in [1.807, 2.05) is 36.4 Å². The van der Waals surface area contributed by atoms with Gasteiger partial charge < -0.3 is 9.42 Å². The van der Waals surface area contributed by atoms with E-state index in [0.717, 1.165) is 40.0 Å². The summed E-state index contributed by atoms with van der Waals surface area (Å²) in [6.07, 6.45) is 1.50. The summed E-state index contributed by atoms with van der Waals surface area (Å²) in [5, 5.41) is 11.2. The highest BCUT2D eigenvalue weighted by atomic mass is 79.9. The van der Waals surface area contributed by atoms with Gasteiger partial charge in [0.25, 0.3) is 5.91 Å². The molecular weight excluding hydrogens is 408 g/mol. The SMILES string of the molecule is CC(C)c1[nH]nc(C(=O)N(C)CCCc2cc(-c3ccccc3)no2)c1Br. The Kier molecular flexibility index (Phi) is 6.11. The molecule has 0 aliphatic carbocycles. The third-order valence-corrected chi connectivity index (χ3v) is 5.21. The smallest absolute Gasteiger partial charge is 0.275 e. The summed E-state index contributed by atoms with van der Waals surface area (Å²) in [7, 11) is 1.79. The summed E-state index contributed by atoms with van der Waals surface area (Å²) in [5.74, 6) is 0.981. The number of nitrogens with one attached hydrogen (secondary N) is 1. The van der Waals surface area contributed by atoms with Gasteiger partial charge in [0.05, 0.1) is 10.2 Å². The van der Waals surface area contributed by atoms with Gasteiger partial charge in [-0.25, -0.2) is 0 Å². The van der Waals surface area contributed by atoms with Crippen LogP contribution in [0.4, 0.5) is 0 Å². The fourth-order valence-corrected chi connectivity index (χ4v) is 3.62. The Labute approximate surface area is 167 Å². The number of aromatic nitrogens is 3. The number of carbonyl (C=O) groups is 1. The molecule has 1 amide bonds. The molecule has 7 heteroatoms. The highest BCUT2D eigenvalue weighted by Crippen LogP contribution is 2.26. The maximum Gasteiger partial charge on any atom is 0.275 e. The number of rotatable bonds is 7. The predicted molar refractivity (Wildman–Crippen MR) is 108 cm³/mol. The zero-order chi connectivity index (χ0) is 19.4. The summed E-state index contributed by atoms with van der Waals surface area (Å²) in [6, 6.07) is 11.9. The van der Waals surface area contributed by atoms with Crippen LogP contribution in [0.1, 0.15) is 48.1 Å². The van der Waals surface area contributed by atoms with Crippen LogP contribution < -0.4 is 0 Å². The number of benzene rings is 1. The Bertz CT molecular complexity index is 902. The molecule has 0 saturated heterocycles. The van der Waals surface area contributed by atoms with E-state index >= 15 is 0 Å². The van der Waals surface area contributed by atoms with Crippen molar-refractivity contribution in [1.82, 2.24) is 20.3 Å². The van der Waals surface area contributed by atoms with Crippen LogP contribution in [0.3, 0.4) is 0 Å². The normalized spacial score (nSPS) is 11.1. The summed E-state index contributed by atoms with van der Waals surface area (Å²) in [5.41, 5.74) is 3.22. The number of aromatic amines is 1. The number of amides is 1. The van der Waals surface area contributed by atoms with E-state index in [9.17, 15) is 4.79 Å². The molecule has 142 valence electrons. The van der Waals surface area contributed by atoms with Crippen molar-refractivity contribution in [2.24, 2.45) is 0 Å². The molecule has 1 N–H and O–H groups in total. The third kappa shape index (κ3) is 4.47. The number of carbonyl (C=O) groups excluding carboxylic acids is 1. The second kappa shape index (κ2) is 8.52. The number of H-pyrrole nitrogens is 1. The molecule has 3 aromatic rings. The van der Waals surface area contributed by atoms with Gasteiger partial charge in [-0.2, -0.15) is 5.10 Å². The van der Waals surface area contributed by atoms with Crippen molar-refractivity contribution in [3.05, 3.63) is 58.0 Å². The van der Waals surface area contributed by atoms with Crippen LogP contribution in [0.2, 0.25) is 0 Å². The Morgan fingerprint density at radius 2 is 2.04 bits per heavy atom. The van der Waals surface area contributed by atoms with Crippen molar-refractivity contribution in [3.63, 3.8) is 0 Å². The van der Waals surface area contributed by atoms with Crippen molar-refractivity contribution < 1.29 is 9.32 Å². The third-order valence-electron chi connectivity index (χ3n) is 4.40.